The van der Waals surface area contributed by atoms with Crippen LogP contribution in [0.4, 0.5) is 9.52 Å². The molecular weight excluding hydrogens is 792 g/mol. The van der Waals surface area contributed by atoms with Gasteiger partial charge in [-0.1, -0.05) is 5.16 Å². The highest BCUT2D eigenvalue weighted by Crippen LogP contribution is 2.41. The number of aliphatic carboxylic acids is 2. The number of carbonyl (C=O) groups excluding carboxylic acids is 4. The second-order valence-corrected chi connectivity index (χ2v) is 16.3. The molecule has 2 atom stereocenters. The van der Waals surface area contributed by atoms with E-state index in [0.717, 1.165) is 35.1 Å². The van der Waals surface area contributed by atoms with Gasteiger partial charge in [0.05, 0.1) is 48.7 Å². The molecule has 2 aromatic heterocycles. The van der Waals surface area contributed by atoms with Crippen molar-refractivity contribution >= 4 is 74.5 Å². The molecule has 0 unspecified atom stereocenters. The summed E-state index contributed by atoms with van der Waals surface area (Å²) in [6, 6.07) is -0.421. The summed E-state index contributed by atoms with van der Waals surface area (Å²) in [6.45, 7) is 6.15. The number of carboxylic acids is 2. The van der Waals surface area contributed by atoms with Crippen molar-refractivity contribution < 1.29 is 58.1 Å². The first-order valence-electron chi connectivity index (χ1n) is 17.7. The SMILES string of the molecule is CCn1cc(C(=O)NCC[N+]2(CC3=C(C(=O)[O-])N4C(=O)[C@@H](NC(=O)/C(=N\OC(C)(C)C(=O)O)c5csc(N)n5)[C@H]4SC3)CCCC2)c(=O)c2cc(F)c(O)c(O)c21. The van der Waals surface area contributed by atoms with Crippen molar-refractivity contribution in [3.8, 4) is 11.5 Å². The number of oxime groups is 1. The maximum absolute atomic E-state index is 14.3. The minimum absolute atomic E-state index is 0.0308. The predicted octanol–water partition coefficient (Wildman–Crippen LogP) is -0.361. The zero-order valence-corrected chi connectivity index (χ0v) is 32.5. The van der Waals surface area contributed by atoms with Gasteiger partial charge in [-0.3, -0.25) is 24.1 Å². The average molecular weight is 831 g/mol. The molecule has 3 aromatic rings. The number of halogens is 1. The third-order valence-corrected chi connectivity index (χ3v) is 12.2. The van der Waals surface area contributed by atoms with Crippen LogP contribution in [0.15, 0.2) is 38.9 Å². The van der Waals surface area contributed by atoms with Gasteiger partial charge in [-0.2, -0.15) is 0 Å². The summed E-state index contributed by atoms with van der Waals surface area (Å²) in [6.07, 6.45) is 2.84. The summed E-state index contributed by atoms with van der Waals surface area (Å²) >= 11 is 2.21. The van der Waals surface area contributed by atoms with E-state index < -0.39 is 75.1 Å². The standard InChI is InChI=1S/C35H39FN8O11S2/c1-4-42-12-18(25(45)17-11-19(36)26(46)27(47)24(17)42)28(48)38-7-10-44(8-5-6-9-44)13-16-14-56-31-22(30(50)43(31)23(16)32(51)52)40-29(49)21(20-15-57-34(37)39-20)41-55-35(2,3)33(53)54/h11-12,15,22,31H,4-10,13-14H2,1-3H3,(H7-,37,38,39,40,41,45,46,47,48,49,51,52,53,54)/t22-,31-/m1/s1. The van der Waals surface area contributed by atoms with Crippen molar-refractivity contribution in [1.82, 2.24) is 25.1 Å². The monoisotopic (exact) mass is 830 g/mol. The third kappa shape index (κ3) is 7.70. The molecule has 6 rings (SSSR count). The number of phenolic OH excluding ortho intramolecular Hbond substituents is 2. The van der Waals surface area contributed by atoms with E-state index >= 15 is 0 Å². The molecule has 57 heavy (non-hydrogen) atoms. The van der Waals surface area contributed by atoms with E-state index in [4.69, 9.17) is 10.6 Å². The topological polar surface area (TPSA) is 279 Å². The zero-order chi connectivity index (χ0) is 41.6. The first-order valence-corrected chi connectivity index (χ1v) is 19.6. The van der Waals surface area contributed by atoms with Gasteiger partial charge in [0, 0.05) is 42.3 Å². The van der Waals surface area contributed by atoms with E-state index in [1.165, 1.54) is 41.8 Å². The van der Waals surface area contributed by atoms with Crippen LogP contribution in [-0.4, -0.2) is 125 Å². The maximum Gasteiger partial charge on any atom is 0.350 e. The van der Waals surface area contributed by atoms with E-state index in [-0.39, 0.29) is 58.4 Å². The van der Waals surface area contributed by atoms with Crippen LogP contribution in [0.25, 0.3) is 10.9 Å². The molecule has 0 bridgehead atoms. The number of aromatic nitrogens is 2. The number of nitrogens with one attached hydrogen (secondary N) is 2. The van der Waals surface area contributed by atoms with E-state index in [1.54, 1.807) is 6.92 Å². The number of amides is 3. The predicted molar refractivity (Wildman–Crippen MR) is 201 cm³/mol. The Labute approximate surface area is 331 Å². The van der Waals surface area contributed by atoms with Crippen molar-refractivity contribution in [1.29, 1.82) is 0 Å². The zero-order valence-electron chi connectivity index (χ0n) is 30.9. The molecule has 2 saturated heterocycles. The van der Waals surface area contributed by atoms with Crippen LogP contribution >= 0.6 is 23.1 Å². The number of hydrogen-bond donors (Lipinski definition) is 6. The number of nitrogen functional groups attached to an aromatic ring is 1. The van der Waals surface area contributed by atoms with Gasteiger partial charge < -0.3 is 55.5 Å². The Morgan fingerprint density at radius 2 is 1.89 bits per heavy atom. The quantitative estimate of drug-likeness (QED) is 0.0398. The molecule has 3 aliphatic heterocycles. The highest BCUT2D eigenvalue weighted by molar-refractivity contribution is 8.00. The van der Waals surface area contributed by atoms with E-state index in [1.807, 2.05) is 0 Å². The lowest BCUT2D eigenvalue weighted by molar-refractivity contribution is -0.911. The number of hydrogen-bond acceptors (Lipinski definition) is 15. The Kier molecular flexibility index (Phi) is 11.2. The highest BCUT2D eigenvalue weighted by atomic mass is 32.2. The van der Waals surface area contributed by atoms with Crippen LogP contribution < -0.4 is 26.9 Å². The lowest BCUT2D eigenvalue weighted by Gasteiger charge is -2.51. The van der Waals surface area contributed by atoms with Crippen LogP contribution in [0.3, 0.4) is 0 Å². The number of phenols is 2. The number of carboxylic acid groups (broad SMARTS) is 2. The average Bonchev–Trinajstić information content (AvgIpc) is 3.81. The minimum Gasteiger partial charge on any atom is -0.543 e. The van der Waals surface area contributed by atoms with Gasteiger partial charge in [-0.15, -0.1) is 23.1 Å². The number of quaternary nitrogens is 1. The summed E-state index contributed by atoms with van der Waals surface area (Å²) in [7, 11) is 0. The fourth-order valence-corrected chi connectivity index (χ4v) is 8.97. The Bertz CT molecular complexity index is 2320. The number of carbonyl (C=O) groups is 5. The van der Waals surface area contributed by atoms with E-state index in [2.05, 4.69) is 20.8 Å². The first kappa shape index (κ1) is 40.9. The Balaban J connectivity index is 1.17. The number of aromatic hydroxyl groups is 2. The molecule has 0 saturated carbocycles. The van der Waals surface area contributed by atoms with E-state index in [9.17, 15) is 53.6 Å². The Hall–Kier alpha value is -5.74. The second-order valence-electron chi connectivity index (χ2n) is 14.3. The van der Waals surface area contributed by atoms with Crippen molar-refractivity contribution in [2.24, 2.45) is 5.16 Å². The van der Waals surface area contributed by atoms with Gasteiger partial charge in [-0.05, 0) is 26.8 Å². The maximum atomic E-state index is 14.3. The van der Waals surface area contributed by atoms with Crippen molar-refractivity contribution in [2.75, 3.05) is 44.2 Å². The summed E-state index contributed by atoms with van der Waals surface area (Å²) in [5.74, 6) is -8.23. The number of nitrogens with zero attached hydrogens (tertiary/aromatic N) is 5. The van der Waals surface area contributed by atoms with Crippen molar-refractivity contribution in [3.63, 3.8) is 0 Å². The number of anilines is 1. The number of β-lactam (4-membered cyclic amide) rings is 1. The van der Waals surface area contributed by atoms with Crippen LogP contribution in [0.1, 0.15) is 49.7 Å². The summed E-state index contributed by atoms with van der Waals surface area (Å²) in [5.41, 5.74) is 2.28. The number of thiazole rings is 1. The molecule has 0 radical (unpaired) electrons. The van der Waals surface area contributed by atoms with Gasteiger partial charge in [0.25, 0.3) is 17.7 Å². The molecule has 22 heteroatoms. The number of nitrogens with two attached hydrogens (primary N) is 1. The molecule has 3 aliphatic rings. The summed E-state index contributed by atoms with van der Waals surface area (Å²) in [5, 5.41) is 51.6. The largest absolute Gasteiger partial charge is 0.543 e. The number of rotatable bonds is 14. The number of fused-ring (bicyclic) bond motifs is 2. The molecule has 3 amide bonds. The van der Waals surface area contributed by atoms with E-state index in [0.29, 0.717) is 29.7 Å². The highest BCUT2D eigenvalue weighted by Gasteiger charge is 2.54. The van der Waals surface area contributed by atoms with Crippen LogP contribution in [0.2, 0.25) is 0 Å². The van der Waals surface area contributed by atoms with Gasteiger partial charge in [0.2, 0.25) is 11.0 Å². The second kappa shape index (κ2) is 15.7. The normalized spacial score (nSPS) is 19.3. The number of likely N-dealkylation sites (tertiary alicyclic amines) is 1. The number of benzene rings is 1. The Morgan fingerprint density at radius 1 is 1.19 bits per heavy atom. The van der Waals surface area contributed by atoms with Crippen LogP contribution in [0, 0.1) is 5.82 Å². The molecule has 5 heterocycles. The number of thioether (sulfide) groups is 1. The summed E-state index contributed by atoms with van der Waals surface area (Å²) < 4.78 is 16.0. The first-order chi connectivity index (χ1) is 26.9. The van der Waals surface area contributed by atoms with Crippen molar-refractivity contribution in [2.45, 2.75) is 57.2 Å². The fourth-order valence-electron chi connectivity index (χ4n) is 7.09. The third-order valence-electron chi connectivity index (χ3n) is 10.1. The number of aryl methyl sites for hydroxylation is 1. The number of pyridine rings is 1. The minimum atomic E-state index is -1.82. The lowest BCUT2D eigenvalue weighted by Crippen LogP contribution is -2.72. The van der Waals surface area contributed by atoms with Crippen LogP contribution in [-0.2, 0) is 30.6 Å². The Morgan fingerprint density at radius 3 is 2.51 bits per heavy atom. The molecule has 1 aromatic carbocycles. The molecule has 304 valence electrons. The van der Waals surface area contributed by atoms with Gasteiger partial charge in [0.1, 0.15) is 29.2 Å². The van der Waals surface area contributed by atoms with Crippen LogP contribution in [0.5, 0.6) is 11.5 Å². The fraction of sp³-hybridized carbons (Fsp3) is 0.429. The molecular formula is C35H39FN8O11S2. The van der Waals surface area contributed by atoms with Gasteiger partial charge in [0.15, 0.2) is 28.2 Å². The van der Waals surface area contributed by atoms with Gasteiger partial charge >= 0.3 is 5.97 Å². The molecule has 7 N–H and O–H groups in total. The lowest BCUT2D eigenvalue weighted by atomic mass is 10.0. The smallest absolute Gasteiger partial charge is 0.350 e. The molecule has 0 aliphatic carbocycles. The summed E-state index contributed by atoms with van der Waals surface area (Å²) in [4.78, 5) is 88.0. The molecule has 19 nitrogen and oxygen atoms in total. The molecule has 0 spiro atoms. The van der Waals surface area contributed by atoms with Crippen molar-refractivity contribution in [3.05, 3.63) is 56.2 Å². The molecule has 2 fully saturated rings. The van der Waals surface area contributed by atoms with Gasteiger partial charge in [-0.25, -0.2) is 14.2 Å².